The van der Waals surface area contributed by atoms with Gasteiger partial charge in [0.2, 0.25) is 0 Å². The lowest BCUT2D eigenvalue weighted by Crippen LogP contribution is -2.06. The van der Waals surface area contributed by atoms with E-state index in [4.69, 9.17) is 0 Å². The molecule has 0 unspecified atom stereocenters. The number of benzene rings is 1. The number of Topliss-reactive ketones (excluding diaryl/α,β-unsaturated/α-hetero) is 1. The Labute approximate surface area is 125 Å². The maximum atomic E-state index is 11.9. The summed E-state index contributed by atoms with van der Waals surface area (Å²) in [5, 5.41) is 10.9. The van der Waals surface area contributed by atoms with E-state index >= 15 is 0 Å². The van der Waals surface area contributed by atoms with Crippen molar-refractivity contribution in [1.82, 2.24) is 4.98 Å². The first kappa shape index (κ1) is 15.2. The third-order valence-electron chi connectivity index (χ3n) is 3.55. The minimum absolute atomic E-state index is 0.0306. The van der Waals surface area contributed by atoms with E-state index in [-0.39, 0.29) is 11.5 Å². The number of fused-ring (bicyclic) bond motifs is 1. The van der Waals surface area contributed by atoms with Gasteiger partial charge in [0.25, 0.3) is 0 Å². The lowest BCUT2D eigenvalue weighted by molar-refractivity contribution is -0.111. The number of aryl methyl sites for hydroxylation is 1. The molecule has 3 nitrogen and oxygen atoms in total. The fraction of sp³-hybridized carbons (Fsp3) is 0.333. The fourth-order valence-electron chi connectivity index (χ4n) is 2.53. The van der Waals surface area contributed by atoms with Crippen molar-refractivity contribution in [2.24, 2.45) is 0 Å². The first-order valence-corrected chi connectivity index (χ1v) is 7.34. The summed E-state index contributed by atoms with van der Waals surface area (Å²) >= 11 is 0. The Kier molecular flexibility index (Phi) is 4.73. The van der Waals surface area contributed by atoms with Crippen LogP contribution in [-0.2, 0) is 11.2 Å². The standard InChI is InChI=1S/C18H21NO2/c1-4-5-8-15-11-14-9-6-7-10-16(14)19-18(15)17(12(2)20)13(3)21/h6-7,9-11,20H,4-5,8H2,1-3H3/b17-12-. The number of aromatic nitrogens is 1. The lowest BCUT2D eigenvalue weighted by atomic mass is 9.96. The zero-order chi connectivity index (χ0) is 15.4. The van der Waals surface area contributed by atoms with Gasteiger partial charge in [-0.3, -0.25) is 4.79 Å². The second-order valence-electron chi connectivity index (χ2n) is 5.31. The van der Waals surface area contributed by atoms with Gasteiger partial charge in [0.15, 0.2) is 5.78 Å². The number of rotatable bonds is 5. The molecule has 2 rings (SSSR count). The van der Waals surface area contributed by atoms with E-state index in [1.807, 2.05) is 24.3 Å². The first-order chi connectivity index (χ1) is 10.0. The molecule has 0 bridgehead atoms. The number of para-hydroxylation sites is 1. The summed E-state index contributed by atoms with van der Waals surface area (Å²) in [5.74, 6) is -0.126. The highest BCUT2D eigenvalue weighted by molar-refractivity contribution is 6.20. The molecular weight excluding hydrogens is 262 g/mol. The normalized spacial score (nSPS) is 12.3. The van der Waals surface area contributed by atoms with Crippen molar-refractivity contribution < 1.29 is 9.90 Å². The first-order valence-electron chi connectivity index (χ1n) is 7.34. The summed E-state index contributed by atoms with van der Waals surface area (Å²) in [6.07, 6.45) is 2.96. The lowest BCUT2D eigenvalue weighted by Gasteiger charge is -2.12. The van der Waals surface area contributed by atoms with Crippen molar-refractivity contribution in [3.05, 3.63) is 47.3 Å². The van der Waals surface area contributed by atoms with Crippen LogP contribution in [0.2, 0.25) is 0 Å². The minimum atomic E-state index is -0.157. The number of nitrogens with zero attached hydrogens (tertiary/aromatic N) is 1. The SMILES string of the molecule is CCCCc1cc2ccccc2nc1/C(C(C)=O)=C(/C)O. The zero-order valence-corrected chi connectivity index (χ0v) is 12.8. The van der Waals surface area contributed by atoms with Crippen LogP contribution < -0.4 is 0 Å². The van der Waals surface area contributed by atoms with Crippen molar-refractivity contribution in [3.63, 3.8) is 0 Å². The fourth-order valence-corrected chi connectivity index (χ4v) is 2.53. The van der Waals surface area contributed by atoms with Crippen LogP contribution in [0.5, 0.6) is 0 Å². The van der Waals surface area contributed by atoms with Crippen LogP contribution in [0.1, 0.15) is 44.9 Å². The number of carbonyl (C=O) groups excluding carboxylic acids is 1. The molecule has 1 aromatic heterocycles. The predicted octanol–water partition coefficient (Wildman–Crippen LogP) is 4.46. The van der Waals surface area contributed by atoms with Gasteiger partial charge in [0.1, 0.15) is 5.76 Å². The highest BCUT2D eigenvalue weighted by Gasteiger charge is 2.17. The molecular formula is C18H21NO2. The van der Waals surface area contributed by atoms with Gasteiger partial charge in [-0.05, 0) is 44.4 Å². The monoisotopic (exact) mass is 283 g/mol. The van der Waals surface area contributed by atoms with Crippen LogP contribution in [0.4, 0.5) is 0 Å². The molecule has 0 saturated heterocycles. The molecule has 1 heterocycles. The van der Waals surface area contributed by atoms with Crippen molar-refractivity contribution in [3.8, 4) is 0 Å². The van der Waals surface area contributed by atoms with Crippen molar-refractivity contribution >= 4 is 22.3 Å². The number of aliphatic hydroxyl groups is 1. The molecule has 0 aliphatic carbocycles. The van der Waals surface area contributed by atoms with Gasteiger partial charge >= 0.3 is 0 Å². The summed E-state index contributed by atoms with van der Waals surface area (Å²) in [6, 6.07) is 9.93. The van der Waals surface area contributed by atoms with E-state index in [0.717, 1.165) is 35.7 Å². The Morgan fingerprint density at radius 1 is 1.24 bits per heavy atom. The number of unbranched alkanes of at least 4 members (excludes halogenated alkanes) is 1. The second-order valence-corrected chi connectivity index (χ2v) is 5.31. The van der Waals surface area contributed by atoms with E-state index in [1.54, 1.807) is 0 Å². The van der Waals surface area contributed by atoms with Crippen LogP contribution in [0.25, 0.3) is 16.5 Å². The van der Waals surface area contributed by atoms with Crippen molar-refractivity contribution in [2.75, 3.05) is 0 Å². The third kappa shape index (κ3) is 3.30. The third-order valence-corrected chi connectivity index (χ3v) is 3.55. The smallest absolute Gasteiger partial charge is 0.165 e. The molecule has 0 spiro atoms. The van der Waals surface area contributed by atoms with Gasteiger partial charge < -0.3 is 5.11 Å². The molecule has 0 aliphatic rings. The van der Waals surface area contributed by atoms with Crippen LogP contribution >= 0.6 is 0 Å². The molecule has 1 N–H and O–H groups in total. The van der Waals surface area contributed by atoms with E-state index in [2.05, 4.69) is 18.0 Å². The Morgan fingerprint density at radius 2 is 1.95 bits per heavy atom. The molecule has 0 saturated carbocycles. The maximum absolute atomic E-state index is 11.9. The minimum Gasteiger partial charge on any atom is -0.512 e. The Morgan fingerprint density at radius 3 is 2.57 bits per heavy atom. The summed E-state index contributed by atoms with van der Waals surface area (Å²) in [4.78, 5) is 16.5. The van der Waals surface area contributed by atoms with Crippen LogP contribution in [0, 0.1) is 0 Å². The molecule has 0 radical (unpaired) electrons. The van der Waals surface area contributed by atoms with Gasteiger partial charge in [-0.15, -0.1) is 0 Å². The number of aliphatic hydroxyl groups excluding tert-OH is 1. The molecule has 0 aliphatic heterocycles. The number of allylic oxidation sites excluding steroid dienone is 2. The maximum Gasteiger partial charge on any atom is 0.165 e. The largest absolute Gasteiger partial charge is 0.512 e. The van der Waals surface area contributed by atoms with Crippen LogP contribution in [-0.4, -0.2) is 15.9 Å². The summed E-state index contributed by atoms with van der Waals surface area (Å²) in [5.41, 5.74) is 2.81. The van der Waals surface area contributed by atoms with Gasteiger partial charge in [0.05, 0.1) is 16.8 Å². The Bertz CT molecular complexity index is 697. The molecule has 2 aromatic rings. The second kappa shape index (κ2) is 6.53. The van der Waals surface area contributed by atoms with Crippen LogP contribution in [0.3, 0.4) is 0 Å². The number of hydrogen-bond donors (Lipinski definition) is 1. The van der Waals surface area contributed by atoms with Crippen molar-refractivity contribution in [1.29, 1.82) is 0 Å². The zero-order valence-electron chi connectivity index (χ0n) is 12.8. The quantitative estimate of drug-likeness (QED) is 0.651. The highest BCUT2D eigenvalue weighted by atomic mass is 16.3. The Hall–Kier alpha value is -2.16. The topological polar surface area (TPSA) is 50.2 Å². The molecule has 21 heavy (non-hydrogen) atoms. The molecule has 1 aromatic carbocycles. The van der Waals surface area contributed by atoms with Crippen LogP contribution in [0.15, 0.2) is 36.1 Å². The summed E-state index contributed by atoms with van der Waals surface area (Å²) in [6.45, 7) is 5.14. The summed E-state index contributed by atoms with van der Waals surface area (Å²) < 4.78 is 0. The molecule has 3 heteroatoms. The van der Waals surface area contributed by atoms with E-state index in [1.165, 1.54) is 13.8 Å². The van der Waals surface area contributed by atoms with E-state index in [0.29, 0.717) is 11.3 Å². The average Bonchev–Trinajstić information content (AvgIpc) is 2.44. The average molecular weight is 283 g/mol. The molecule has 0 atom stereocenters. The number of hydrogen-bond acceptors (Lipinski definition) is 3. The molecule has 0 amide bonds. The van der Waals surface area contributed by atoms with Gasteiger partial charge in [-0.1, -0.05) is 31.5 Å². The predicted molar refractivity (Wildman–Crippen MR) is 86.3 cm³/mol. The molecule has 0 fully saturated rings. The highest BCUT2D eigenvalue weighted by Crippen LogP contribution is 2.26. The van der Waals surface area contributed by atoms with Crippen molar-refractivity contribution in [2.45, 2.75) is 40.0 Å². The number of carbonyl (C=O) groups is 1. The van der Waals surface area contributed by atoms with E-state index in [9.17, 15) is 9.90 Å². The number of pyridine rings is 1. The Balaban J connectivity index is 2.68. The van der Waals surface area contributed by atoms with Gasteiger partial charge in [0, 0.05) is 5.39 Å². The summed E-state index contributed by atoms with van der Waals surface area (Å²) in [7, 11) is 0. The van der Waals surface area contributed by atoms with Gasteiger partial charge in [-0.25, -0.2) is 4.98 Å². The number of ketones is 1. The van der Waals surface area contributed by atoms with Gasteiger partial charge in [-0.2, -0.15) is 0 Å². The van der Waals surface area contributed by atoms with E-state index < -0.39 is 0 Å². The molecule has 110 valence electrons.